The van der Waals surface area contributed by atoms with Crippen molar-refractivity contribution in [3.05, 3.63) is 34.9 Å². The lowest BCUT2D eigenvalue weighted by molar-refractivity contribution is 0.0946. The summed E-state index contributed by atoms with van der Waals surface area (Å²) < 4.78 is 0. The number of hydrogen-bond acceptors (Lipinski definition) is 3. The Balaban J connectivity index is 2.89. The fourth-order valence-electron chi connectivity index (χ4n) is 5.57. The van der Waals surface area contributed by atoms with Crippen molar-refractivity contribution >= 4 is 17.7 Å². The molecule has 0 bridgehead atoms. The van der Waals surface area contributed by atoms with Crippen LogP contribution in [0, 0.1) is 35.5 Å². The predicted octanol–water partition coefficient (Wildman–Crippen LogP) is 9.43. The van der Waals surface area contributed by atoms with E-state index in [2.05, 4.69) is 78.3 Å². The van der Waals surface area contributed by atoms with E-state index in [-0.39, 0.29) is 17.7 Å². The molecule has 3 amide bonds. The molecular weight excluding hydrogens is 558 g/mol. The highest BCUT2D eigenvalue weighted by Crippen LogP contribution is 2.17. The van der Waals surface area contributed by atoms with Gasteiger partial charge in [0.25, 0.3) is 17.7 Å². The molecule has 0 saturated heterocycles. The summed E-state index contributed by atoms with van der Waals surface area (Å²) in [7, 11) is 0. The molecule has 0 fully saturated rings. The normalized spacial score (nSPS) is 13.6. The summed E-state index contributed by atoms with van der Waals surface area (Å²) in [5.41, 5.74) is 1.05. The average molecular weight is 628 g/mol. The van der Waals surface area contributed by atoms with Gasteiger partial charge in [0.1, 0.15) is 0 Å². The molecule has 6 heteroatoms. The van der Waals surface area contributed by atoms with Gasteiger partial charge in [-0.3, -0.25) is 14.4 Å². The predicted molar refractivity (Wildman–Crippen MR) is 191 cm³/mol. The first kappa shape index (κ1) is 40.7. The summed E-state index contributed by atoms with van der Waals surface area (Å²) in [5, 5.41) is 9.16. The van der Waals surface area contributed by atoms with Crippen LogP contribution in [0.15, 0.2) is 18.2 Å². The standard InChI is InChI=1S/C39H69N3O3/c1-28(2)16-10-13-19-31(7)25-40-37(43)34-22-35(38(44)41-26-32(8)20-14-11-17-29(3)4)24-36(23-34)39(45)42-27-33(9)21-15-12-18-30(5)6/h22-24,28-33H,10-21,25-27H2,1-9H3,(H,40,43)(H,41,44)(H,42,45)/t31-,32-,33+/m1/s1. The molecule has 0 aromatic heterocycles. The number of amides is 3. The van der Waals surface area contributed by atoms with E-state index in [0.717, 1.165) is 38.5 Å². The van der Waals surface area contributed by atoms with Crippen molar-refractivity contribution in [2.75, 3.05) is 19.6 Å². The Morgan fingerprint density at radius 3 is 0.867 bits per heavy atom. The van der Waals surface area contributed by atoms with Crippen molar-refractivity contribution in [2.24, 2.45) is 35.5 Å². The Labute approximate surface area is 277 Å². The van der Waals surface area contributed by atoms with Crippen LogP contribution >= 0.6 is 0 Å². The second kappa shape index (κ2) is 23.0. The highest BCUT2D eigenvalue weighted by Gasteiger charge is 2.18. The van der Waals surface area contributed by atoms with E-state index >= 15 is 0 Å². The second-order valence-electron chi connectivity index (χ2n) is 15.3. The number of carbonyl (C=O) groups is 3. The lowest BCUT2D eigenvalue weighted by Crippen LogP contribution is -2.32. The van der Waals surface area contributed by atoms with Gasteiger partial charge in [0.2, 0.25) is 0 Å². The Hall–Kier alpha value is -2.37. The van der Waals surface area contributed by atoms with Gasteiger partial charge >= 0.3 is 0 Å². The van der Waals surface area contributed by atoms with Crippen LogP contribution in [-0.4, -0.2) is 37.4 Å². The van der Waals surface area contributed by atoms with Crippen molar-refractivity contribution in [2.45, 2.75) is 139 Å². The molecular formula is C39H69N3O3. The molecule has 1 rings (SSSR count). The van der Waals surface area contributed by atoms with Crippen LogP contribution in [0.1, 0.15) is 170 Å². The summed E-state index contributed by atoms with van der Waals surface area (Å²) in [6, 6.07) is 4.87. The largest absolute Gasteiger partial charge is 0.352 e. The molecule has 0 radical (unpaired) electrons. The van der Waals surface area contributed by atoms with Gasteiger partial charge in [-0.2, -0.15) is 0 Å². The van der Waals surface area contributed by atoms with E-state index in [9.17, 15) is 14.4 Å². The van der Waals surface area contributed by atoms with E-state index in [1.807, 2.05) is 0 Å². The third-order valence-electron chi connectivity index (χ3n) is 8.74. The highest BCUT2D eigenvalue weighted by atomic mass is 16.2. The lowest BCUT2D eigenvalue weighted by Gasteiger charge is -2.16. The molecule has 0 spiro atoms. The molecule has 258 valence electrons. The monoisotopic (exact) mass is 628 g/mol. The maximum Gasteiger partial charge on any atom is 0.251 e. The van der Waals surface area contributed by atoms with Crippen LogP contribution in [0.25, 0.3) is 0 Å². The molecule has 0 aliphatic rings. The Kier molecular flexibility index (Phi) is 20.8. The molecule has 0 unspecified atom stereocenters. The van der Waals surface area contributed by atoms with Crippen LogP contribution in [0.3, 0.4) is 0 Å². The van der Waals surface area contributed by atoms with Gasteiger partial charge in [0, 0.05) is 36.3 Å². The number of unbranched alkanes of at least 4 members (excludes halogenated alkanes) is 3. The van der Waals surface area contributed by atoms with E-state index in [1.165, 1.54) is 38.5 Å². The number of carbonyl (C=O) groups excluding carboxylic acids is 3. The van der Waals surface area contributed by atoms with Crippen LogP contribution in [0.5, 0.6) is 0 Å². The summed E-state index contributed by atoms with van der Waals surface area (Å²) in [4.78, 5) is 39.8. The van der Waals surface area contributed by atoms with E-state index in [4.69, 9.17) is 0 Å². The summed E-state index contributed by atoms with van der Waals surface area (Å²) in [6.07, 6.45) is 14.0. The number of nitrogens with one attached hydrogen (secondary N) is 3. The second-order valence-corrected chi connectivity index (χ2v) is 15.3. The summed E-state index contributed by atoms with van der Waals surface area (Å²) in [6.45, 7) is 21.7. The number of rotatable bonds is 24. The fraction of sp³-hybridized carbons (Fsp3) is 0.769. The molecule has 6 nitrogen and oxygen atoms in total. The maximum absolute atomic E-state index is 13.3. The van der Waals surface area contributed by atoms with E-state index in [1.54, 1.807) is 18.2 Å². The first-order valence-electron chi connectivity index (χ1n) is 18.3. The third-order valence-corrected chi connectivity index (χ3v) is 8.74. The van der Waals surface area contributed by atoms with Gasteiger partial charge in [-0.1, -0.05) is 120 Å². The molecule has 45 heavy (non-hydrogen) atoms. The smallest absolute Gasteiger partial charge is 0.251 e. The Morgan fingerprint density at radius 1 is 0.422 bits per heavy atom. The van der Waals surface area contributed by atoms with Crippen molar-refractivity contribution in [1.82, 2.24) is 16.0 Å². The van der Waals surface area contributed by atoms with Crippen LogP contribution in [-0.2, 0) is 0 Å². The minimum atomic E-state index is -0.246. The van der Waals surface area contributed by atoms with Crippen molar-refractivity contribution in [3.63, 3.8) is 0 Å². The van der Waals surface area contributed by atoms with E-state index in [0.29, 0.717) is 71.8 Å². The Bertz CT molecular complexity index is 852. The number of benzene rings is 1. The maximum atomic E-state index is 13.3. The van der Waals surface area contributed by atoms with Crippen LogP contribution in [0.4, 0.5) is 0 Å². The fourth-order valence-corrected chi connectivity index (χ4v) is 5.57. The third kappa shape index (κ3) is 19.7. The zero-order chi connectivity index (χ0) is 33.8. The van der Waals surface area contributed by atoms with Crippen LogP contribution < -0.4 is 16.0 Å². The van der Waals surface area contributed by atoms with Crippen LogP contribution in [0.2, 0.25) is 0 Å². The van der Waals surface area contributed by atoms with Gasteiger partial charge in [-0.25, -0.2) is 0 Å². The van der Waals surface area contributed by atoms with Gasteiger partial charge < -0.3 is 16.0 Å². The SMILES string of the molecule is CC(C)CCCC[C@@H](C)CNC(=O)c1cc(C(=O)NC[C@H](C)CCCCC(C)C)cc(C(=O)NC[C@@H](C)CCCCC(C)C)c1. The molecule has 0 aliphatic heterocycles. The molecule has 0 saturated carbocycles. The first-order chi connectivity index (χ1) is 21.3. The average Bonchev–Trinajstić information content (AvgIpc) is 2.99. The van der Waals surface area contributed by atoms with E-state index < -0.39 is 0 Å². The molecule has 1 aromatic carbocycles. The molecule has 3 atom stereocenters. The van der Waals surface area contributed by atoms with Crippen molar-refractivity contribution < 1.29 is 14.4 Å². The minimum Gasteiger partial charge on any atom is -0.352 e. The van der Waals surface area contributed by atoms with Crippen molar-refractivity contribution in [3.8, 4) is 0 Å². The Morgan fingerprint density at radius 2 is 0.644 bits per heavy atom. The van der Waals surface area contributed by atoms with Gasteiger partial charge in [0.15, 0.2) is 0 Å². The molecule has 0 heterocycles. The van der Waals surface area contributed by atoms with Gasteiger partial charge in [0.05, 0.1) is 0 Å². The van der Waals surface area contributed by atoms with Gasteiger partial charge in [-0.15, -0.1) is 0 Å². The zero-order valence-corrected chi connectivity index (χ0v) is 30.5. The molecule has 3 N–H and O–H groups in total. The minimum absolute atomic E-state index is 0.246. The summed E-state index contributed by atoms with van der Waals surface area (Å²) >= 11 is 0. The summed E-state index contributed by atoms with van der Waals surface area (Å²) in [5.74, 6) is 2.49. The quantitative estimate of drug-likeness (QED) is 0.0998. The molecule has 1 aromatic rings. The first-order valence-corrected chi connectivity index (χ1v) is 18.3. The number of hydrogen-bond donors (Lipinski definition) is 3. The highest BCUT2D eigenvalue weighted by molar-refractivity contribution is 6.04. The topological polar surface area (TPSA) is 87.3 Å². The van der Waals surface area contributed by atoms with Crippen molar-refractivity contribution in [1.29, 1.82) is 0 Å². The lowest BCUT2D eigenvalue weighted by atomic mass is 9.99. The van der Waals surface area contributed by atoms with Gasteiger partial charge in [-0.05, 0) is 73.0 Å². The zero-order valence-electron chi connectivity index (χ0n) is 30.5. The molecule has 0 aliphatic carbocycles.